The van der Waals surface area contributed by atoms with Crippen molar-refractivity contribution in [3.63, 3.8) is 0 Å². The van der Waals surface area contributed by atoms with E-state index in [0.717, 1.165) is 17.5 Å². The van der Waals surface area contributed by atoms with Gasteiger partial charge in [0.25, 0.3) is 0 Å². The van der Waals surface area contributed by atoms with E-state index in [4.69, 9.17) is 0 Å². The van der Waals surface area contributed by atoms with Gasteiger partial charge in [-0.05, 0) is 40.1 Å². The van der Waals surface area contributed by atoms with Crippen molar-refractivity contribution in [1.82, 2.24) is 0 Å². The lowest BCUT2D eigenvalue weighted by molar-refractivity contribution is 0.425. The fraction of sp³-hybridized carbons (Fsp3) is 0.200. The summed E-state index contributed by atoms with van der Waals surface area (Å²) in [7, 11) is -1.40. The molecule has 0 bridgehead atoms. The Bertz CT molecular complexity index is 593. The van der Waals surface area contributed by atoms with Crippen molar-refractivity contribution in [3.8, 4) is 11.1 Å². The molecule has 2 aromatic carbocycles. The predicted octanol–water partition coefficient (Wildman–Crippen LogP) is 1.69. The van der Waals surface area contributed by atoms with Gasteiger partial charge in [-0.3, -0.25) is 0 Å². The summed E-state index contributed by atoms with van der Waals surface area (Å²) in [6.45, 7) is 2.14. The first-order chi connectivity index (χ1) is 8.68. The molecule has 1 aliphatic rings. The molecule has 18 heavy (non-hydrogen) atoms. The predicted molar refractivity (Wildman–Crippen MR) is 73.8 cm³/mol. The van der Waals surface area contributed by atoms with Gasteiger partial charge >= 0.3 is 7.12 Å². The van der Waals surface area contributed by atoms with Crippen molar-refractivity contribution in [2.24, 2.45) is 0 Å². The molecule has 90 valence electrons. The van der Waals surface area contributed by atoms with Crippen LogP contribution in [0.1, 0.15) is 24.0 Å². The second kappa shape index (κ2) is 4.27. The van der Waals surface area contributed by atoms with E-state index in [9.17, 15) is 10.0 Å². The first kappa shape index (κ1) is 11.5. The van der Waals surface area contributed by atoms with Gasteiger partial charge in [0.15, 0.2) is 0 Å². The number of rotatable bonds is 1. The lowest BCUT2D eigenvalue weighted by Crippen LogP contribution is -2.35. The Hall–Kier alpha value is -1.58. The van der Waals surface area contributed by atoms with Crippen LogP contribution in [0.25, 0.3) is 11.1 Å². The van der Waals surface area contributed by atoms with Crippen LogP contribution in [-0.4, -0.2) is 17.2 Å². The first-order valence-electron chi connectivity index (χ1n) is 6.25. The number of hydrogen-bond donors (Lipinski definition) is 2. The maximum Gasteiger partial charge on any atom is 0.488 e. The Morgan fingerprint density at radius 1 is 1.00 bits per heavy atom. The quantitative estimate of drug-likeness (QED) is 0.742. The van der Waals surface area contributed by atoms with Gasteiger partial charge in [-0.25, -0.2) is 0 Å². The van der Waals surface area contributed by atoms with Crippen molar-refractivity contribution in [3.05, 3.63) is 53.6 Å². The third kappa shape index (κ3) is 1.67. The molecule has 1 aliphatic carbocycles. The van der Waals surface area contributed by atoms with Crippen LogP contribution in [-0.2, 0) is 6.42 Å². The fourth-order valence-corrected chi connectivity index (χ4v) is 2.99. The molecule has 0 fully saturated rings. The summed E-state index contributed by atoms with van der Waals surface area (Å²) in [6, 6.07) is 14.1. The minimum atomic E-state index is -1.40. The second-order valence-corrected chi connectivity index (χ2v) is 4.94. The molecular weight excluding hydrogens is 223 g/mol. The highest BCUT2D eigenvalue weighted by atomic mass is 16.4. The zero-order chi connectivity index (χ0) is 12.7. The largest absolute Gasteiger partial charge is 0.488 e. The standard InChI is InChI=1S/C15H15BO2/c1-10-9-11-5-2-3-6-12(11)13-7-4-8-14(15(10)13)16(17)18/h2-8,10,17-18H,9H2,1H3. The zero-order valence-electron chi connectivity index (χ0n) is 10.3. The molecule has 1 atom stereocenters. The van der Waals surface area contributed by atoms with Crippen molar-refractivity contribution in [2.75, 3.05) is 0 Å². The zero-order valence-corrected chi connectivity index (χ0v) is 10.3. The Morgan fingerprint density at radius 2 is 1.72 bits per heavy atom. The highest BCUT2D eigenvalue weighted by Gasteiger charge is 2.27. The molecule has 0 saturated carbocycles. The molecule has 0 saturated heterocycles. The van der Waals surface area contributed by atoms with Crippen LogP contribution < -0.4 is 5.46 Å². The Labute approximate surface area is 107 Å². The van der Waals surface area contributed by atoms with Gasteiger partial charge in [-0.2, -0.15) is 0 Å². The van der Waals surface area contributed by atoms with Gasteiger partial charge in [0.2, 0.25) is 0 Å². The third-order valence-electron chi connectivity index (χ3n) is 3.74. The normalized spacial score (nSPS) is 16.9. The lowest BCUT2D eigenvalue weighted by atomic mass is 9.68. The summed E-state index contributed by atoms with van der Waals surface area (Å²) >= 11 is 0. The number of hydrogen-bond acceptors (Lipinski definition) is 2. The van der Waals surface area contributed by atoms with Crippen LogP contribution >= 0.6 is 0 Å². The smallest absolute Gasteiger partial charge is 0.423 e. The molecule has 2 aromatic rings. The summed E-state index contributed by atoms with van der Waals surface area (Å²) in [5.74, 6) is 0.313. The molecule has 1 unspecified atom stereocenters. The number of benzene rings is 2. The van der Waals surface area contributed by atoms with Crippen LogP contribution in [0.2, 0.25) is 0 Å². The minimum absolute atomic E-state index is 0.313. The first-order valence-corrected chi connectivity index (χ1v) is 6.25. The summed E-state index contributed by atoms with van der Waals surface area (Å²) in [5.41, 5.74) is 5.39. The van der Waals surface area contributed by atoms with Crippen molar-refractivity contribution >= 4 is 12.6 Å². The molecule has 2 nitrogen and oxygen atoms in total. The Balaban J connectivity index is 2.29. The highest BCUT2D eigenvalue weighted by molar-refractivity contribution is 6.59. The molecule has 3 rings (SSSR count). The maximum absolute atomic E-state index is 9.50. The van der Waals surface area contributed by atoms with E-state index in [1.807, 2.05) is 12.1 Å². The van der Waals surface area contributed by atoms with E-state index in [1.165, 1.54) is 11.1 Å². The average Bonchev–Trinajstić information content (AvgIpc) is 2.38. The Kier molecular flexibility index (Phi) is 2.73. The van der Waals surface area contributed by atoms with Gasteiger partial charge in [0.1, 0.15) is 0 Å². The molecular formula is C15H15BO2. The summed E-state index contributed by atoms with van der Waals surface area (Å²) in [6.07, 6.45) is 0.951. The minimum Gasteiger partial charge on any atom is -0.423 e. The highest BCUT2D eigenvalue weighted by Crippen LogP contribution is 2.38. The molecule has 2 N–H and O–H groups in total. The van der Waals surface area contributed by atoms with Gasteiger partial charge in [0, 0.05) is 0 Å². The topological polar surface area (TPSA) is 40.5 Å². The van der Waals surface area contributed by atoms with Crippen LogP contribution in [0, 0.1) is 0 Å². The molecule has 0 heterocycles. The monoisotopic (exact) mass is 238 g/mol. The van der Waals surface area contributed by atoms with E-state index in [1.54, 1.807) is 6.07 Å². The van der Waals surface area contributed by atoms with Crippen LogP contribution in [0.4, 0.5) is 0 Å². The third-order valence-corrected chi connectivity index (χ3v) is 3.74. The SMILES string of the molecule is CC1Cc2ccccc2-c2cccc(B(O)O)c21. The summed E-state index contributed by atoms with van der Waals surface area (Å²) in [4.78, 5) is 0. The van der Waals surface area contributed by atoms with E-state index >= 15 is 0 Å². The molecule has 0 spiro atoms. The van der Waals surface area contributed by atoms with Crippen molar-refractivity contribution in [1.29, 1.82) is 0 Å². The second-order valence-electron chi connectivity index (χ2n) is 4.94. The van der Waals surface area contributed by atoms with E-state index < -0.39 is 7.12 Å². The number of fused-ring (bicyclic) bond motifs is 3. The van der Waals surface area contributed by atoms with Crippen molar-refractivity contribution in [2.45, 2.75) is 19.3 Å². The summed E-state index contributed by atoms with van der Waals surface area (Å²) < 4.78 is 0. The Morgan fingerprint density at radius 3 is 2.50 bits per heavy atom. The van der Waals surface area contributed by atoms with Gasteiger partial charge in [0.05, 0.1) is 0 Å². The van der Waals surface area contributed by atoms with E-state index in [-0.39, 0.29) is 0 Å². The van der Waals surface area contributed by atoms with Gasteiger partial charge in [-0.15, -0.1) is 0 Å². The van der Waals surface area contributed by atoms with E-state index in [0.29, 0.717) is 11.4 Å². The fourth-order valence-electron chi connectivity index (χ4n) is 2.99. The lowest BCUT2D eigenvalue weighted by Gasteiger charge is -2.27. The average molecular weight is 238 g/mol. The molecule has 3 heteroatoms. The van der Waals surface area contributed by atoms with E-state index in [2.05, 4.69) is 31.2 Å². The van der Waals surface area contributed by atoms with Crippen molar-refractivity contribution < 1.29 is 10.0 Å². The van der Waals surface area contributed by atoms with Gasteiger partial charge in [-0.1, -0.05) is 49.4 Å². The van der Waals surface area contributed by atoms with Crippen LogP contribution in [0.3, 0.4) is 0 Å². The molecule has 0 radical (unpaired) electrons. The van der Waals surface area contributed by atoms with Crippen LogP contribution in [0.15, 0.2) is 42.5 Å². The maximum atomic E-state index is 9.50. The van der Waals surface area contributed by atoms with Gasteiger partial charge < -0.3 is 10.0 Å². The molecule has 0 amide bonds. The molecule has 0 aromatic heterocycles. The van der Waals surface area contributed by atoms with Crippen LogP contribution in [0.5, 0.6) is 0 Å². The molecule has 0 aliphatic heterocycles. The summed E-state index contributed by atoms with van der Waals surface area (Å²) in [5, 5.41) is 19.0.